The number of phenolic OH excluding ortho intramolecular Hbond substituents is 1. The molecule has 0 unspecified atom stereocenters. The number of nitrogens with two attached hydrogens (primary N) is 1. The third-order valence-corrected chi connectivity index (χ3v) is 10.7. The van der Waals surface area contributed by atoms with Gasteiger partial charge < -0.3 is 79.1 Å². The lowest BCUT2D eigenvalue weighted by Gasteiger charge is -2.29. The largest absolute Gasteiger partial charge is 0.508 e. The molecule has 1 saturated heterocycles. The molecule has 1 aromatic carbocycles. The molecule has 1 fully saturated rings. The lowest BCUT2D eigenvalue weighted by atomic mass is 9.99. The summed E-state index contributed by atoms with van der Waals surface area (Å²) in [6.45, 7) is 9.76. The maximum atomic E-state index is 13.7. The first-order valence-corrected chi connectivity index (χ1v) is 22.2. The number of carbonyl (C=O) groups is 10. The minimum Gasteiger partial charge on any atom is -0.508 e. The van der Waals surface area contributed by atoms with Crippen LogP contribution in [0.25, 0.3) is 0 Å². The first kappa shape index (κ1) is 57.7. The lowest BCUT2D eigenvalue weighted by molar-refractivity contribution is -0.144. The maximum Gasteiger partial charge on any atom is 0.326 e. The van der Waals surface area contributed by atoms with E-state index in [1.165, 1.54) is 38.1 Å². The van der Waals surface area contributed by atoms with Crippen LogP contribution >= 0.6 is 0 Å². The topological polar surface area (TPSA) is 406 Å². The van der Waals surface area contributed by atoms with E-state index < -0.39 is 145 Å². The molecule has 1 aliphatic rings. The molecular weight excluding hydrogens is 897 g/mol. The third kappa shape index (κ3) is 18.7. The predicted molar refractivity (Wildman–Crippen MR) is 240 cm³/mol. The fourth-order valence-corrected chi connectivity index (χ4v) is 6.85. The van der Waals surface area contributed by atoms with Gasteiger partial charge in [0.25, 0.3) is 0 Å². The van der Waals surface area contributed by atoms with Crippen LogP contribution in [0, 0.1) is 11.8 Å². The minimum atomic E-state index is -1.78. The van der Waals surface area contributed by atoms with Gasteiger partial charge in [-0.1, -0.05) is 39.8 Å². The number of phenols is 1. The highest BCUT2D eigenvalue weighted by molar-refractivity contribution is 5.98. The summed E-state index contributed by atoms with van der Waals surface area (Å²) < 4.78 is 0. The quantitative estimate of drug-likeness (QED) is 0.0393. The first-order chi connectivity index (χ1) is 31.7. The number of hydrogen-bond acceptors (Lipinski definition) is 15. The highest BCUT2D eigenvalue weighted by atomic mass is 16.4. The van der Waals surface area contributed by atoms with Gasteiger partial charge in [-0.15, -0.1) is 0 Å². The molecule has 68 heavy (non-hydrogen) atoms. The Balaban J connectivity index is 2.21. The van der Waals surface area contributed by atoms with E-state index in [2.05, 4.69) is 42.5 Å². The number of carbonyl (C=O) groups excluding carboxylic acids is 9. The average Bonchev–Trinajstić information content (AvgIpc) is 3.80. The van der Waals surface area contributed by atoms with Crippen molar-refractivity contribution in [3.05, 3.63) is 29.8 Å². The van der Waals surface area contributed by atoms with Gasteiger partial charge in [0.1, 0.15) is 54.1 Å². The maximum absolute atomic E-state index is 13.7. The molecule has 1 aliphatic heterocycles. The summed E-state index contributed by atoms with van der Waals surface area (Å²) in [6.07, 6.45) is -2.74. The Morgan fingerprint density at radius 1 is 0.632 bits per heavy atom. The van der Waals surface area contributed by atoms with Crippen LogP contribution in [0.2, 0.25) is 0 Å². The fraction of sp³-hybridized carbons (Fsp3) is 0.628. The molecule has 0 bridgehead atoms. The number of primary amides is 1. The van der Waals surface area contributed by atoms with E-state index in [-0.39, 0.29) is 24.5 Å². The van der Waals surface area contributed by atoms with Gasteiger partial charge in [0.15, 0.2) is 0 Å². The zero-order chi connectivity index (χ0) is 51.6. The number of rotatable bonds is 27. The normalized spacial score (nSPS) is 17.9. The Morgan fingerprint density at radius 3 is 1.60 bits per heavy atom. The minimum absolute atomic E-state index is 0.0296. The number of aliphatic hydroxyl groups excluding tert-OH is 3. The summed E-state index contributed by atoms with van der Waals surface area (Å²) in [4.78, 5) is 130. The van der Waals surface area contributed by atoms with Gasteiger partial charge in [-0.3, -0.25) is 43.2 Å². The van der Waals surface area contributed by atoms with Crippen LogP contribution in [0.3, 0.4) is 0 Å². The Labute approximate surface area is 393 Å². The van der Waals surface area contributed by atoms with Crippen molar-refractivity contribution < 1.29 is 73.5 Å². The van der Waals surface area contributed by atoms with E-state index in [9.17, 15) is 73.5 Å². The molecule has 380 valence electrons. The van der Waals surface area contributed by atoms with Gasteiger partial charge in [0.2, 0.25) is 53.2 Å². The molecule has 1 aromatic rings. The molecule has 25 nitrogen and oxygen atoms in total. The molecule has 2 rings (SSSR count). The number of benzene rings is 1. The van der Waals surface area contributed by atoms with Gasteiger partial charge in [-0.05, 0) is 76.1 Å². The Morgan fingerprint density at radius 2 is 1.12 bits per heavy atom. The Hall–Kier alpha value is -6.44. The number of aliphatic carboxylic acids is 1. The van der Waals surface area contributed by atoms with E-state index in [0.717, 1.165) is 13.3 Å². The van der Waals surface area contributed by atoms with Crippen LogP contribution in [0.5, 0.6) is 5.75 Å². The van der Waals surface area contributed by atoms with Crippen molar-refractivity contribution in [2.24, 2.45) is 17.6 Å². The zero-order valence-electron chi connectivity index (χ0n) is 39.2. The van der Waals surface area contributed by atoms with Crippen molar-refractivity contribution in [3.63, 3.8) is 0 Å². The SMILES string of the molecule is CC(C)C[C@H](NC(=O)[C@@H](NC(=O)[C@H](CO)NC(=O)[C@H](C)NC(=O)[C@H](Cc1ccc(O)cc1)NC(=O)[C@@H](NC(=O)[C@@H]1CCCN1)[C@@H](C)O)C(C)C)C(=O)N[C@H](C(=O)N[C@@H](CC(N)=O)C(=O)O)[C@@H](C)O. The number of amides is 9. The molecule has 0 spiro atoms. The number of nitrogens with one attached hydrogen (secondary N) is 9. The lowest BCUT2D eigenvalue weighted by Crippen LogP contribution is -2.62. The van der Waals surface area contributed by atoms with Crippen molar-refractivity contribution in [1.82, 2.24) is 47.9 Å². The molecule has 1 heterocycles. The van der Waals surface area contributed by atoms with Crippen LogP contribution < -0.4 is 53.6 Å². The second-order valence-electron chi connectivity index (χ2n) is 17.5. The second-order valence-corrected chi connectivity index (χ2v) is 17.5. The van der Waals surface area contributed by atoms with E-state index in [1.807, 2.05) is 5.32 Å². The van der Waals surface area contributed by atoms with Crippen LogP contribution in [-0.4, -0.2) is 164 Å². The second kappa shape index (κ2) is 27.4. The number of carboxylic acids is 1. The number of aromatic hydroxyl groups is 1. The number of aliphatic hydroxyl groups is 3. The van der Waals surface area contributed by atoms with E-state index in [4.69, 9.17) is 5.73 Å². The molecule has 11 atom stereocenters. The molecule has 0 aliphatic carbocycles. The predicted octanol–water partition coefficient (Wildman–Crippen LogP) is -5.00. The Bertz CT molecular complexity index is 1940. The van der Waals surface area contributed by atoms with Crippen LogP contribution in [0.4, 0.5) is 0 Å². The fourth-order valence-electron chi connectivity index (χ4n) is 6.85. The van der Waals surface area contributed by atoms with Gasteiger partial charge in [0, 0.05) is 6.42 Å². The van der Waals surface area contributed by atoms with E-state index >= 15 is 0 Å². The van der Waals surface area contributed by atoms with Gasteiger partial charge >= 0.3 is 5.97 Å². The highest BCUT2D eigenvalue weighted by Crippen LogP contribution is 2.14. The molecule has 0 radical (unpaired) electrons. The van der Waals surface area contributed by atoms with Crippen LogP contribution in [0.1, 0.15) is 79.7 Å². The van der Waals surface area contributed by atoms with Crippen LogP contribution in [0.15, 0.2) is 24.3 Å². The summed E-state index contributed by atoms with van der Waals surface area (Å²) in [7, 11) is 0. The van der Waals surface area contributed by atoms with Crippen molar-refractivity contribution >= 4 is 59.1 Å². The zero-order valence-corrected chi connectivity index (χ0v) is 39.2. The third-order valence-electron chi connectivity index (χ3n) is 10.7. The summed E-state index contributed by atoms with van der Waals surface area (Å²) in [5.74, 6) is -11.1. The standard InChI is InChI=1S/C43H68N10O15/c1-19(2)15-27(38(62)53-34(23(7)56)42(66)49-29(43(67)68)17-31(44)58)47-40(64)32(20(3)4)51-39(63)30(18-54)50-35(59)21(5)46-37(61)28(16-24-10-12-25(57)13-11-24)48-41(65)33(22(6)55)52-36(60)26-9-8-14-45-26/h10-13,19-23,26-30,32-34,45,54-57H,8-9,14-18H2,1-7H3,(H2,44,58)(H,46,61)(H,47,64)(H,48,65)(H,49,66)(H,50,59)(H,51,63)(H,52,60)(H,53,62)(H,67,68)/t21-,22+,23+,26-,27-,28-,29-,30-,32-,33-,34-/m0/s1. The first-order valence-electron chi connectivity index (χ1n) is 22.2. The summed E-state index contributed by atoms with van der Waals surface area (Å²) in [5, 5.41) is 72.1. The van der Waals surface area contributed by atoms with Gasteiger partial charge in [0.05, 0.1) is 31.3 Å². The van der Waals surface area contributed by atoms with E-state index in [0.29, 0.717) is 18.5 Å². The summed E-state index contributed by atoms with van der Waals surface area (Å²) >= 11 is 0. The molecule has 0 aromatic heterocycles. The molecule has 16 N–H and O–H groups in total. The van der Waals surface area contributed by atoms with Crippen molar-refractivity contribution in [2.75, 3.05) is 13.2 Å². The van der Waals surface area contributed by atoms with Crippen molar-refractivity contribution in [3.8, 4) is 5.75 Å². The molecule has 0 saturated carbocycles. The monoisotopic (exact) mass is 964 g/mol. The van der Waals surface area contributed by atoms with Gasteiger partial charge in [-0.25, -0.2) is 4.79 Å². The van der Waals surface area contributed by atoms with Gasteiger partial charge in [-0.2, -0.15) is 0 Å². The number of carboxylic acid groups (broad SMARTS) is 1. The Kier molecular flexibility index (Phi) is 23.2. The average molecular weight is 965 g/mol. The van der Waals surface area contributed by atoms with E-state index in [1.54, 1.807) is 27.7 Å². The smallest absolute Gasteiger partial charge is 0.326 e. The van der Waals surface area contributed by atoms with Crippen molar-refractivity contribution in [2.45, 2.75) is 147 Å². The van der Waals surface area contributed by atoms with Crippen molar-refractivity contribution in [1.29, 1.82) is 0 Å². The molecule has 9 amide bonds. The molecular formula is C43H68N10O15. The summed E-state index contributed by atoms with van der Waals surface area (Å²) in [5.41, 5.74) is 5.53. The van der Waals surface area contributed by atoms with Crippen LogP contribution in [-0.2, 0) is 54.4 Å². The summed E-state index contributed by atoms with van der Waals surface area (Å²) in [6, 6.07) is -7.25. The molecule has 25 heteroatoms. The highest BCUT2D eigenvalue weighted by Gasteiger charge is 2.37. The number of hydrogen-bond donors (Lipinski definition) is 15.